The largest absolute Gasteiger partial charge is 0.507 e. The number of carbonyl (C=O) groups is 2. The number of ether oxygens (including phenoxy) is 1. The topological polar surface area (TPSA) is 109 Å². The molecule has 1 unspecified atom stereocenters. The molecule has 2 N–H and O–H groups in total. The van der Waals surface area contributed by atoms with Crippen molar-refractivity contribution in [3.05, 3.63) is 82.3 Å². The minimum Gasteiger partial charge on any atom is -0.507 e. The van der Waals surface area contributed by atoms with Gasteiger partial charge in [-0.2, -0.15) is 0 Å². The number of nitrogens with zero attached hydrogens (tertiary/aromatic N) is 2. The fraction of sp³-hybridized carbons (Fsp3) is 0.192. The molecule has 4 aromatic rings. The summed E-state index contributed by atoms with van der Waals surface area (Å²) in [5, 5.41) is 11.4. The standard InChI is InChI=1S/C26H23N3O5/c1-13-11-14(2)24(33-4)16(12-13)22(30)20-21(19-10-9-15(3)34-19)29(25(32)23(20)31)26-27-17-7-5-6-8-18(17)28-26/h5-12,21,30H,1-4H3,(H,27,28)/b22-20+. The highest BCUT2D eigenvalue weighted by atomic mass is 16.5. The number of rotatable bonds is 4. The summed E-state index contributed by atoms with van der Waals surface area (Å²) in [4.78, 5) is 35.5. The molecule has 1 aliphatic rings. The molecule has 5 rings (SSSR count). The van der Waals surface area contributed by atoms with Gasteiger partial charge in [-0.15, -0.1) is 0 Å². The van der Waals surface area contributed by atoms with Crippen molar-refractivity contribution in [2.75, 3.05) is 12.0 Å². The van der Waals surface area contributed by atoms with Crippen LogP contribution < -0.4 is 9.64 Å². The monoisotopic (exact) mass is 457 g/mol. The number of para-hydroxylation sites is 2. The summed E-state index contributed by atoms with van der Waals surface area (Å²) in [5.41, 5.74) is 3.26. The van der Waals surface area contributed by atoms with Crippen molar-refractivity contribution >= 4 is 34.4 Å². The summed E-state index contributed by atoms with van der Waals surface area (Å²) in [6.07, 6.45) is 0. The number of imidazole rings is 1. The zero-order valence-corrected chi connectivity index (χ0v) is 19.2. The maximum absolute atomic E-state index is 13.3. The molecule has 0 spiro atoms. The number of anilines is 1. The molecule has 1 aliphatic heterocycles. The van der Waals surface area contributed by atoms with E-state index in [-0.39, 0.29) is 17.3 Å². The number of fused-ring (bicyclic) bond motifs is 1. The number of hydrogen-bond donors (Lipinski definition) is 2. The van der Waals surface area contributed by atoms with E-state index in [1.165, 1.54) is 12.0 Å². The van der Waals surface area contributed by atoms with E-state index < -0.39 is 17.7 Å². The highest BCUT2D eigenvalue weighted by molar-refractivity contribution is 6.51. The minimum absolute atomic E-state index is 0.0943. The highest BCUT2D eigenvalue weighted by Gasteiger charge is 2.50. The maximum atomic E-state index is 13.3. The van der Waals surface area contributed by atoms with Crippen LogP contribution in [-0.2, 0) is 9.59 Å². The SMILES string of the molecule is COc1c(C)cc(C)cc1/C(O)=C1\C(=O)C(=O)N(c2nc3ccccc3[nH]2)C1c1ccc(C)o1. The van der Waals surface area contributed by atoms with Crippen molar-refractivity contribution in [2.24, 2.45) is 0 Å². The van der Waals surface area contributed by atoms with Gasteiger partial charge in [0.05, 0.1) is 29.3 Å². The van der Waals surface area contributed by atoms with Crippen LogP contribution in [0.2, 0.25) is 0 Å². The summed E-state index contributed by atoms with van der Waals surface area (Å²) in [7, 11) is 1.49. The van der Waals surface area contributed by atoms with Crippen LogP contribution in [0.3, 0.4) is 0 Å². The lowest BCUT2D eigenvalue weighted by Crippen LogP contribution is -2.30. The van der Waals surface area contributed by atoms with Gasteiger partial charge in [0.2, 0.25) is 5.95 Å². The number of hydrogen-bond acceptors (Lipinski definition) is 6. The van der Waals surface area contributed by atoms with Crippen LogP contribution in [0.15, 0.2) is 58.5 Å². The Bertz CT molecular complexity index is 1460. The van der Waals surface area contributed by atoms with Crippen LogP contribution in [-0.4, -0.2) is 33.9 Å². The fourth-order valence-electron chi connectivity index (χ4n) is 4.52. The zero-order chi connectivity index (χ0) is 24.1. The number of amides is 1. The Morgan fingerprint density at radius 1 is 1.12 bits per heavy atom. The third kappa shape index (κ3) is 3.26. The van der Waals surface area contributed by atoms with Gasteiger partial charge >= 0.3 is 5.91 Å². The van der Waals surface area contributed by atoms with Crippen molar-refractivity contribution in [3.63, 3.8) is 0 Å². The lowest BCUT2D eigenvalue weighted by Gasteiger charge is -2.21. The summed E-state index contributed by atoms with van der Waals surface area (Å²) in [5.74, 6) is -0.432. The second kappa shape index (κ2) is 7.91. The number of Topliss-reactive ketones (excluding diaryl/α,β-unsaturated/α-hetero) is 1. The Balaban J connectivity index is 1.77. The van der Waals surface area contributed by atoms with E-state index in [1.54, 1.807) is 31.2 Å². The van der Waals surface area contributed by atoms with E-state index in [0.717, 1.165) is 11.1 Å². The number of nitrogens with one attached hydrogen (secondary N) is 1. The molecule has 2 aromatic heterocycles. The number of aromatic nitrogens is 2. The van der Waals surface area contributed by atoms with E-state index in [4.69, 9.17) is 9.15 Å². The van der Waals surface area contributed by atoms with Crippen LogP contribution in [0.5, 0.6) is 5.75 Å². The molecule has 0 aliphatic carbocycles. The smallest absolute Gasteiger partial charge is 0.302 e. The van der Waals surface area contributed by atoms with E-state index in [0.29, 0.717) is 33.9 Å². The predicted molar refractivity (Wildman–Crippen MR) is 127 cm³/mol. The predicted octanol–water partition coefficient (Wildman–Crippen LogP) is 4.72. The lowest BCUT2D eigenvalue weighted by atomic mass is 9.96. The normalized spacial score (nSPS) is 17.6. The van der Waals surface area contributed by atoms with Crippen molar-refractivity contribution in [1.29, 1.82) is 0 Å². The number of carbonyl (C=O) groups excluding carboxylic acids is 2. The first-order valence-corrected chi connectivity index (χ1v) is 10.8. The minimum atomic E-state index is -1.01. The molecule has 1 atom stereocenters. The molecule has 3 heterocycles. The van der Waals surface area contributed by atoms with Gasteiger partial charge < -0.3 is 19.2 Å². The molecule has 0 radical (unpaired) electrons. The number of methoxy groups -OCH3 is 1. The molecule has 1 amide bonds. The molecular formula is C26H23N3O5. The fourth-order valence-corrected chi connectivity index (χ4v) is 4.52. The van der Waals surface area contributed by atoms with Crippen LogP contribution in [0.1, 0.15) is 34.3 Å². The molecule has 8 heteroatoms. The third-order valence-corrected chi connectivity index (χ3v) is 5.96. The number of aliphatic hydroxyl groups is 1. The van der Waals surface area contributed by atoms with Crippen molar-refractivity contribution in [1.82, 2.24) is 9.97 Å². The van der Waals surface area contributed by atoms with Crippen molar-refractivity contribution < 1.29 is 23.8 Å². The van der Waals surface area contributed by atoms with E-state index in [9.17, 15) is 14.7 Å². The second-order valence-electron chi connectivity index (χ2n) is 8.36. The van der Waals surface area contributed by atoms with E-state index in [1.807, 2.05) is 38.1 Å². The molecule has 2 aromatic carbocycles. The number of ketones is 1. The molecule has 1 saturated heterocycles. The number of benzene rings is 2. The van der Waals surface area contributed by atoms with Gasteiger partial charge in [0.25, 0.3) is 5.78 Å². The Labute approximate surface area is 195 Å². The van der Waals surface area contributed by atoms with Crippen molar-refractivity contribution in [3.8, 4) is 5.75 Å². The quantitative estimate of drug-likeness (QED) is 0.261. The Morgan fingerprint density at radius 2 is 1.88 bits per heavy atom. The van der Waals surface area contributed by atoms with E-state index in [2.05, 4.69) is 9.97 Å². The number of aliphatic hydroxyl groups excluding tert-OH is 1. The van der Waals surface area contributed by atoms with Crippen LogP contribution in [0.4, 0.5) is 5.95 Å². The average Bonchev–Trinajstić information content (AvgIpc) is 3.49. The Kier molecular flexibility index (Phi) is 5.01. The van der Waals surface area contributed by atoms with Gasteiger partial charge in [0, 0.05) is 0 Å². The summed E-state index contributed by atoms with van der Waals surface area (Å²) in [6.45, 7) is 5.50. The van der Waals surface area contributed by atoms with Gasteiger partial charge in [0.15, 0.2) is 0 Å². The van der Waals surface area contributed by atoms with Crippen LogP contribution in [0.25, 0.3) is 16.8 Å². The van der Waals surface area contributed by atoms with Gasteiger partial charge in [-0.05, 0) is 62.2 Å². The maximum Gasteiger partial charge on any atom is 0.302 e. The third-order valence-electron chi connectivity index (χ3n) is 5.96. The van der Waals surface area contributed by atoms with Gasteiger partial charge in [0.1, 0.15) is 29.1 Å². The van der Waals surface area contributed by atoms with Gasteiger partial charge in [-0.25, -0.2) is 4.98 Å². The number of H-pyrrole nitrogens is 1. The number of aromatic amines is 1. The number of aryl methyl sites for hydroxylation is 3. The first-order valence-electron chi connectivity index (χ1n) is 10.8. The first kappa shape index (κ1) is 21.5. The molecule has 172 valence electrons. The summed E-state index contributed by atoms with van der Waals surface area (Å²) < 4.78 is 11.4. The van der Waals surface area contributed by atoms with E-state index >= 15 is 0 Å². The zero-order valence-electron chi connectivity index (χ0n) is 19.2. The molecule has 8 nitrogen and oxygen atoms in total. The van der Waals surface area contributed by atoms with Gasteiger partial charge in [-0.3, -0.25) is 14.5 Å². The molecular weight excluding hydrogens is 434 g/mol. The highest BCUT2D eigenvalue weighted by Crippen LogP contribution is 2.43. The summed E-state index contributed by atoms with van der Waals surface area (Å²) in [6, 6.07) is 13.4. The van der Waals surface area contributed by atoms with Gasteiger partial charge in [-0.1, -0.05) is 18.2 Å². The number of furan rings is 1. The van der Waals surface area contributed by atoms with Crippen LogP contribution in [0, 0.1) is 20.8 Å². The second-order valence-corrected chi connectivity index (χ2v) is 8.36. The summed E-state index contributed by atoms with van der Waals surface area (Å²) >= 11 is 0. The molecule has 0 saturated carbocycles. The Hall–Kier alpha value is -4.33. The molecule has 34 heavy (non-hydrogen) atoms. The molecule has 0 bridgehead atoms. The average molecular weight is 457 g/mol. The van der Waals surface area contributed by atoms with Crippen LogP contribution >= 0.6 is 0 Å². The Morgan fingerprint density at radius 3 is 2.56 bits per heavy atom. The van der Waals surface area contributed by atoms with Crippen molar-refractivity contribution in [2.45, 2.75) is 26.8 Å². The first-order chi connectivity index (χ1) is 16.3. The molecule has 1 fully saturated rings. The lowest BCUT2D eigenvalue weighted by molar-refractivity contribution is -0.132.